The molecule has 0 radical (unpaired) electrons. The lowest BCUT2D eigenvalue weighted by atomic mass is 9.85. The molecule has 2 aliphatic heterocycles. The van der Waals surface area contributed by atoms with Gasteiger partial charge in [-0.2, -0.15) is 0 Å². The van der Waals surface area contributed by atoms with Crippen molar-refractivity contribution in [3.8, 4) is 0 Å². The summed E-state index contributed by atoms with van der Waals surface area (Å²) < 4.78 is 11.5. The number of hydrogen-bond donors (Lipinski definition) is 1. The van der Waals surface area contributed by atoms with Crippen molar-refractivity contribution >= 4 is 5.97 Å². The maximum atomic E-state index is 11.9. The minimum atomic E-state index is -0.807. The molecule has 5 atom stereocenters. The molecule has 0 aromatic heterocycles. The third kappa shape index (κ3) is 3.65. The van der Waals surface area contributed by atoms with Crippen LogP contribution in [0.25, 0.3) is 0 Å². The van der Waals surface area contributed by atoms with Gasteiger partial charge < -0.3 is 14.6 Å². The Morgan fingerprint density at radius 2 is 2.12 bits per heavy atom. The summed E-state index contributed by atoms with van der Waals surface area (Å²) in [5.74, 6) is -0.241. The number of carbonyl (C=O) groups is 1. The van der Waals surface area contributed by atoms with E-state index in [2.05, 4.69) is 26.5 Å². The second-order valence-electron chi connectivity index (χ2n) is 7.99. The SMILES string of the molecule is C=C1C(=O)O[C@H]2C/C(C)=C/CC[C@](C)(O)/C=C/C[C@]3(C)O[C@H]3C[C@H]12. The van der Waals surface area contributed by atoms with Crippen LogP contribution in [0.15, 0.2) is 36.0 Å². The van der Waals surface area contributed by atoms with E-state index in [4.69, 9.17) is 9.47 Å². The molecular weight excluding hydrogens is 304 g/mol. The van der Waals surface area contributed by atoms with E-state index < -0.39 is 5.60 Å². The zero-order valence-corrected chi connectivity index (χ0v) is 14.9. The molecule has 0 spiro atoms. The first-order valence-corrected chi connectivity index (χ1v) is 8.83. The summed E-state index contributed by atoms with van der Waals surface area (Å²) in [4.78, 5) is 11.9. The number of aliphatic hydroxyl groups is 1. The lowest BCUT2D eigenvalue weighted by molar-refractivity contribution is -0.139. The van der Waals surface area contributed by atoms with Crippen molar-refractivity contribution in [3.05, 3.63) is 36.0 Å². The highest BCUT2D eigenvalue weighted by Crippen LogP contribution is 2.47. The summed E-state index contributed by atoms with van der Waals surface area (Å²) in [5, 5.41) is 10.4. The molecule has 0 saturated carbocycles. The molecule has 4 nitrogen and oxygen atoms in total. The van der Waals surface area contributed by atoms with Crippen molar-refractivity contribution in [3.63, 3.8) is 0 Å². The van der Waals surface area contributed by atoms with Crippen molar-refractivity contribution in [2.75, 3.05) is 0 Å². The van der Waals surface area contributed by atoms with Gasteiger partial charge in [0.2, 0.25) is 0 Å². The van der Waals surface area contributed by atoms with E-state index in [1.165, 1.54) is 5.57 Å². The quantitative estimate of drug-likeness (QED) is 0.319. The molecule has 2 heterocycles. The molecule has 1 N–H and O–H groups in total. The van der Waals surface area contributed by atoms with Crippen molar-refractivity contribution in [1.29, 1.82) is 0 Å². The molecule has 1 aliphatic carbocycles. The van der Waals surface area contributed by atoms with E-state index in [0.717, 1.165) is 25.7 Å². The van der Waals surface area contributed by atoms with Crippen molar-refractivity contribution in [2.45, 2.75) is 76.3 Å². The third-order valence-corrected chi connectivity index (χ3v) is 5.59. The summed E-state index contributed by atoms with van der Waals surface area (Å²) in [7, 11) is 0. The van der Waals surface area contributed by atoms with Gasteiger partial charge in [0, 0.05) is 17.9 Å². The first kappa shape index (κ1) is 17.4. The van der Waals surface area contributed by atoms with Crippen LogP contribution >= 0.6 is 0 Å². The molecule has 132 valence electrons. The van der Waals surface area contributed by atoms with Crippen LogP contribution in [0.2, 0.25) is 0 Å². The molecule has 0 aromatic carbocycles. The number of rotatable bonds is 0. The summed E-state index contributed by atoms with van der Waals surface area (Å²) in [6.45, 7) is 9.92. The van der Waals surface area contributed by atoms with Gasteiger partial charge in [0.1, 0.15) is 6.10 Å². The van der Waals surface area contributed by atoms with Crippen molar-refractivity contribution in [2.24, 2.45) is 5.92 Å². The van der Waals surface area contributed by atoms with Crippen molar-refractivity contribution in [1.82, 2.24) is 0 Å². The van der Waals surface area contributed by atoms with E-state index in [9.17, 15) is 9.90 Å². The molecule has 24 heavy (non-hydrogen) atoms. The molecule has 0 bridgehead atoms. The zero-order valence-electron chi connectivity index (χ0n) is 14.9. The highest BCUT2D eigenvalue weighted by atomic mass is 16.6. The number of hydrogen-bond acceptors (Lipinski definition) is 4. The van der Waals surface area contributed by atoms with Gasteiger partial charge in [-0.05, 0) is 46.5 Å². The summed E-state index contributed by atoms with van der Waals surface area (Å²) >= 11 is 0. The van der Waals surface area contributed by atoms with E-state index in [1.54, 1.807) is 0 Å². The minimum Gasteiger partial charge on any atom is -0.458 e. The highest BCUT2D eigenvalue weighted by Gasteiger charge is 2.54. The maximum Gasteiger partial charge on any atom is 0.334 e. The molecule has 0 aromatic rings. The topological polar surface area (TPSA) is 59.1 Å². The van der Waals surface area contributed by atoms with Crippen LogP contribution in [0.1, 0.15) is 52.9 Å². The van der Waals surface area contributed by atoms with Crippen molar-refractivity contribution < 1.29 is 19.4 Å². The van der Waals surface area contributed by atoms with Gasteiger partial charge in [-0.1, -0.05) is 30.4 Å². The Balaban J connectivity index is 1.81. The number of epoxide rings is 1. The lowest BCUT2D eigenvalue weighted by Gasteiger charge is -2.20. The van der Waals surface area contributed by atoms with Gasteiger partial charge in [0.25, 0.3) is 0 Å². The average molecular weight is 332 g/mol. The summed E-state index contributed by atoms with van der Waals surface area (Å²) in [5.41, 5.74) is 0.746. The van der Waals surface area contributed by atoms with Crippen LogP contribution in [-0.2, 0) is 14.3 Å². The standard InChI is InChI=1S/C20H28O4/c1-13-7-5-8-19(3,22)9-6-10-20(4)17(24-20)12-15-14(2)18(21)23-16(15)11-13/h6-7,9,15-17,22H,2,5,8,10-12H2,1,3-4H3/b9-6+,13-7+/t15-,16+,17+,19+,20+/m1/s1. The summed E-state index contributed by atoms with van der Waals surface area (Å²) in [6.07, 6.45) is 9.72. The van der Waals surface area contributed by atoms with Crippen LogP contribution < -0.4 is 0 Å². The molecule has 2 saturated heterocycles. The Morgan fingerprint density at radius 1 is 1.38 bits per heavy atom. The van der Waals surface area contributed by atoms with Gasteiger partial charge in [-0.3, -0.25) is 0 Å². The van der Waals surface area contributed by atoms with Gasteiger partial charge >= 0.3 is 5.97 Å². The smallest absolute Gasteiger partial charge is 0.334 e. The fraction of sp³-hybridized carbons (Fsp3) is 0.650. The Kier molecular flexibility index (Phi) is 4.47. The Bertz CT molecular complexity index is 601. The largest absolute Gasteiger partial charge is 0.458 e. The Morgan fingerprint density at radius 3 is 2.88 bits per heavy atom. The van der Waals surface area contributed by atoms with Crippen LogP contribution in [0, 0.1) is 5.92 Å². The second-order valence-corrected chi connectivity index (χ2v) is 7.99. The number of fused-ring (bicyclic) bond motifs is 2. The first-order valence-electron chi connectivity index (χ1n) is 8.83. The van der Waals surface area contributed by atoms with E-state index in [-0.39, 0.29) is 29.7 Å². The van der Waals surface area contributed by atoms with Gasteiger partial charge in [-0.15, -0.1) is 0 Å². The Hall–Kier alpha value is -1.39. The predicted octanol–water partition coefficient (Wildman–Crippen LogP) is 3.46. The number of allylic oxidation sites excluding steroid dienone is 1. The van der Waals surface area contributed by atoms with Crippen LogP contribution in [0.5, 0.6) is 0 Å². The molecule has 3 aliphatic rings. The number of esters is 1. The zero-order chi connectivity index (χ0) is 17.5. The molecule has 3 rings (SSSR count). The number of carbonyl (C=O) groups excluding carboxylic acids is 1. The number of ether oxygens (including phenoxy) is 2. The first-order chi connectivity index (χ1) is 11.2. The molecule has 2 fully saturated rings. The fourth-order valence-electron chi connectivity index (χ4n) is 3.79. The Labute approximate surface area is 144 Å². The third-order valence-electron chi connectivity index (χ3n) is 5.59. The molecule has 0 amide bonds. The van der Waals surface area contributed by atoms with Crippen LogP contribution in [0.4, 0.5) is 0 Å². The van der Waals surface area contributed by atoms with E-state index >= 15 is 0 Å². The van der Waals surface area contributed by atoms with Crippen LogP contribution in [0.3, 0.4) is 0 Å². The monoisotopic (exact) mass is 332 g/mol. The summed E-state index contributed by atoms with van der Waals surface area (Å²) in [6, 6.07) is 0. The lowest BCUT2D eigenvalue weighted by Crippen LogP contribution is -2.23. The predicted molar refractivity (Wildman–Crippen MR) is 92.4 cm³/mol. The fourth-order valence-corrected chi connectivity index (χ4v) is 3.79. The van der Waals surface area contributed by atoms with Crippen LogP contribution in [-0.4, -0.2) is 34.5 Å². The highest BCUT2D eigenvalue weighted by molar-refractivity contribution is 5.90. The molecular formula is C20H28O4. The second kappa shape index (κ2) is 6.16. The minimum absolute atomic E-state index is 0.0303. The van der Waals surface area contributed by atoms with Gasteiger partial charge in [0.05, 0.1) is 17.3 Å². The van der Waals surface area contributed by atoms with Gasteiger partial charge in [-0.25, -0.2) is 4.79 Å². The van der Waals surface area contributed by atoms with Gasteiger partial charge in [0.15, 0.2) is 0 Å². The van der Waals surface area contributed by atoms with E-state index in [1.807, 2.05) is 19.1 Å². The molecule has 0 unspecified atom stereocenters. The average Bonchev–Trinajstić information content (AvgIpc) is 3.03. The normalized spacial score (nSPS) is 46.8. The maximum absolute atomic E-state index is 11.9. The van der Waals surface area contributed by atoms with E-state index in [0.29, 0.717) is 12.0 Å². The molecule has 4 heteroatoms.